The Labute approximate surface area is 116 Å². The van der Waals surface area contributed by atoms with Crippen LogP contribution in [-0.4, -0.2) is 56.5 Å². The molecule has 0 aromatic rings. The van der Waals surface area contributed by atoms with Crippen LogP contribution in [0.25, 0.3) is 0 Å². The van der Waals surface area contributed by atoms with Gasteiger partial charge >= 0.3 is 0 Å². The van der Waals surface area contributed by atoms with Gasteiger partial charge in [-0.25, -0.2) is 0 Å². The third-order valence-corrected chi connectivity index (χ3v) is 3.40. The van der Waals surface area contributed by atoms with Crippen LogP contribution in [0.4, 0.5) is 0 Å². The smallest absolute Gasteiger partial charge is 0.239 e. The summed E-state index contributed by atoms with van der Waals surface area (Å²) in [6.45, 7) is 4.80. The van der Waals surface area contributed by atoms with E-state index in [4.69, 9.17) is 5.73 Å². The summed E-state index contributed by atoms with van der Waals surface area (Å²) in [5, 5.41) is 5.31. The lowest BCUT2D eigenvalue weighted by molar-refractivity contribution is -0.125. The average molecular weight is 272 g/mol. The Bertz CT molecular complexity index is 278. The van der Waals surface area contributed by atoms with Crippen LogP contribution in [0.3, 0.4) is 0 Å². The van der Waals surface area contributed by atoms with Crippen LogP contribution in [-0.2, 0) is 9.59 Å². The molecule has 0 bridgehead atoms. The molecule has 0 rings (SSSR count). The first-order valence-electron chi connectivity index (χ1n) is 6.86. The van der Waals surface area contributed by atoms with Gasteiger partial charge in [0.25, 0.3) is 0 Å². The summed E-state index contributed by atoms with van der Waals surface area (Å²) in [5.41, 5.74) is 5.15. The maximum atomic E-state index is 11.6. The number of carbonyl (C=O) groups is 2. The Morgan fingerprint density at radius 2 is 1.68 bits per heavy atom. The van der Waals surface area contributed by atoms with E-state index in [0.717, 1.165) is 12.8 Å². The lowest BCUT2D eigenvalue weighted by Crippen LogP contribution is -2.47. The van der Waals surface area contributed by atoms with Crippen molar-refractivity contribution >= 4 is 11.8 Å². The highest BCUT2D eigenvalue weighted by atomic mass is 16.2. The second-order valence-corrected chi connectivity index (χ2v) is 4.89. The maximum absolute atomic E-state index is 11.6. The Morgan fingerprint density at radius 3 is 2.11 bits per heavy atom. The van der Waals surface area contributed by atoms with E-state index in [9.17, 15) is 9.59 Å². The molecule has 0 aromatic carbocycles. The van der Waals surface area contributed by atoms with Gasteiger partial charge in [-0.2, -0.15) is 0 Å². The minimum atomic E-state index is -0.320. The van der Waals surface area contributed by atoms with Gasteiger partial charge in [-0.3, -0.25) is 9.59 Å². The lowest BCUT2D eigenvalue weighted by Gasteiger charge is -2.31. The van der Waals surface area contributed by atoms with Crippen molar-refractivity contribution in [2.24, 2.45) is 11.7 Å². The molecule has 0 saturated heterocycles. The number of nitrogens with zero attached hydrogens (tertiary/aromatic N) is 1. The molecule has 4 N–H and O–H groups in total. The van der Waals surface area contributed by atoms with Crippen LogP contribution >= 0.6 is 0 Å². The molecule has 112 valence electrons. The Kier molecular flexibility index (Phi) is 9.16. The lowest BCUT2D eigenvalue weighted by atomic mass is 9.93. The normalized spacial score (nSPS) is 12.6. The number of nitrogens with one attached hydrogen (secondary N) is 2. The van der Waals surface area contributed by atoms with Gasteiger partial charge in [0, 0.05) is 12.6 Å². The third kappa shape index (κ3) is 7.12. The molecule has 0 aliphatic carbocycles. The minimum Gasteiger partial charge on any atom is -0.353 e. The van der Waals surface area contributed by atoms with Gasteiger partial charge in [-0.05, 0) is 20.0 Å². The molecule has 1 atom stereocenters. The van der Waals surface area contributed by atoms with E-state index in [2.05, 4.69) is 29.4 Å². The second kappa shape index (κ2) is 9.75. The summed E-state index contributed by atoms with van der Waals surface area (Å²) in [6, 6.07) is 0.309. The number of amides is 2. The highest BCUT2D eigenvalue weighted by Gasteiger charge is 2.21. The predicted molar refractivity (Wildman–Crippen MR) is 76.6 cm³/mol. The van der Waals surface area contributed by atoms with Crippen molar-refractivity contribution in [1.82, 2.24) is 15.5 Å². The van der Waals surface area contributed by atoms with E-state index < -0.39 is 0 Å². The van der Waals surface area contributed by atoms with Crippen molar-refractivity contribution in [3.05, 3.63) is 0 Å². The number of carbonyl (C=O) groups excluding carboxylic acids is 2. The SMILES string of the molecule is CCC(CC)C(CNC(=O)CNC(=O)CN)N(C)C. The van der Waals surface area contributed by atoms with Gasteiger partial charge in [0.05, 0.1) is 13.1 Å². The van der Waals surface area contributed by atoms with Crippen molar-refractivity contribution in [3.8, 4) is 0 Å². The van der Waals surface area contributed by atoms with E-state index in [1.165, 1.54) is 0 Å². The van der Waals surface area contributed by atoms with Crippen LogP contribution in [0.2, 0.25) is 0 Å². The average Bonchev–Trinajstić information content (AvgIpc) is 2.40. The van der Waals surface area contributed by atoms with Crippen LogP contribution < -0.4 is 16.4 Å². The van der Waals surface area contributed by atoms with E-state index in [1.54, 1.807) is 0 Å². The van der Waals surface area contributed by atoms with E-state index >= 15 is 0 Å². The molecule has 2 amide bonds. The van der Waals surface area contributed by atoms with Gasteiger partial charge in [0.2, 0.25) is 11.8 Å². The first-order valence-corrected chi connectivity index (χ1v) is 6.86. The second-order valence-electron chi connectivity index (χ2n) is 4.89. The topological polar surface area (TPSA) is 87.5 Å². The van der Waals surface area contributed by atoms with E-state index in [1.807, 2.05) is 14.1 Å². The summed E-state index contributed by atoms with van der Waals surface area (Å²) in [4.78, 5) is 24.7. The number of likely N-dealkylation sites (N-methyl/N-ethyl adjacent to an activating group) is 1. The van der Waals surface area contributed by atoms with Crippen LogP contribution in [0.1, 0.15) is 26.7 Å². The highest BCUT2D eigenvalue weighted by molar-refractivity contribution is 5.85. The summed E-state index contributed by atoms with van der Waals surface area (Å²) < 4.78 is 0. The minimum absolute atomic E-state index is 0.0148. The number of hydrogen-bond acceptors (Lipinski definition) is 4. The number of rotatable bonds is 9. The molecular formula is C13H28N4O2. The quantitative estimate of drug-likeness (QED) is 0.530. The fourth-order valence-electron chi connectivity index (χ4n) is 2.14. The Morgan fingerprint density at radius 1 is 1.11 bits per heavy atom. The largest absolute Gasteiger partial charge is 0.353 e. The fraction of sp³-hybridized carbons (Fsp3) is 0.846. The van der Waals surface area contributed by atoms with E-state index in [-0.39, 0.29) is 24.9 Å². The molecule has 0 heterocycles. The molecule has 19 heavy (non-hydrogen) atoms. The number of nitrogens with two attached hydrogens (primary N) is 1. The molecular weight excluding hydrogens is 244 g/mol. The monoisotopic (exact) mass is 272 g/mol. The molecule has 0 aliphatic heterocycles. The van der Waals surface area contributed by atoms with Crippen LogP contribution in [0.5, 0.6) is 0 Å². The first-order chi connectivity index (χ1) is 8.96. The highest BCUT2D eigenvalue weighted by Crippen LogP contribution is 2.16. The molecule has 0 radical (unpaired) electrons. The molecule has 0 spiro atoms. The molecule has 1 unspecified atom stereocenters. The molecule has 0 aliphatic rings. The van der Waals surface area contributed by atoms with Crippen molar-refractivity contribution in [3.63, 3.8) is 0 Å². The van der Waals surface area contributed by atoms with Crippen molar-refractivity contribution in [2.45, 2.75) is 32.7 Å². The van der Waals surface area contributed by atoms with Gasteiger partial charge in [0.15, 0.2) is 0 Å². The molecule has 6 nitrogen and oxygen atoms in total. The van der Waals surface area contributed by atoms with Gasteiger partial charge in [-0.1, -0.05) is 26.7 Å². The van der Waals surface area contributed by atoms with Gasteiger partial charge < -0.3 is 21.3 Å². The summed E-state index contributed by atoms with van der Waals surface area (Å²) >= 11 is 0. The van der Waals surface area contributed by atoms with Crippen LogP contribution in [0, 0.1) is 5.92 Å². The maximum Gasteiger partial charge on any atom is 0.239 e. The number of hydrogen-bond donors (Lipinski definition) is 3. The molecule has 0 fully saturated rings. The zero-order valence-electron chi connectivity index (χ0n) is 12.5. The summed E-state index contributed by atoms with van der Waals surface area (Å²) in [7, 11) is 4.04. The standard InChI is InChI=1S/C13H28N4O2/c1-5-10(6-2)11(17(3)4)8-15-13(19)9-16-12(18)7-14/h10-11H,5-9,14H2,1-4H3,(H,15,19)(H,16,18). The third-order valence-electron chi connectivity index (χ3n) is 3.40. The van der Waals surface area contributed by atoms with Crippen molar-refractivity contribution in [1.29, 1.82) is 0 Å². The zero-order chi connectivity index (χ0) is 14.8. The Balaban J connectivity index is 4.17. The fourth-order valence-corrected chi connectivity index (χ4v) is 2.14. The molecule has 0 saturated carbocycles. The zero-order valence-corrected chi connectivity index (χ0v) is 12.5. The predicted octanol–water partition coefficient (Wildman–Crippen LogP) is -0.456. The molecule has 0 aromatic heterocycles. The summed E-state index contributed by atoms with van der Waals surface area (Å²) in [6.07, 6.45) is 2.16. The van der Waals surface area contributed by atoms with Gasteiger partial charge in [-0.15, -0.1) is 0 Å². The van der Waals surface area contributed by atoms with Gasteiger partial charge in [0.1, 0.15) is 0 Å². The first kappa shape index (κ1) is 17.9. The van der Waals surface area contributed by atoms with E-state index in [0.29, 0.717) is 18.5 Å². The van der Waals surface area contributed by atoms with Crippen LogP contribution in [0.15, 0.2) is 0 Å². The Hall–Kier alpha value is -1.14. The molecule has 6 heteroatoms. The summed E-state index contributed by atoms with van der Waals surface area (Å²) in [5.74, 6) is 0.0489. The van der Waals surface area contributed by atoms with Crippen molar-refractivity contribution in [2.75, 3.05) is 33.7 Å². The van der Waals surface area contributed by atoms with Crippen molar-refractivity contribution < 1.29 is 9.59 Å².